The number of carbonyl (C=O) groups excluding carboxylic acids is 1. The lowest BCUT2D eigenvalue weighted by Gasteiger charge is -2.33. The van der Waals surface area contributed by atoms with Crippen molar-refractivity contribution in [2.45, 2.75) is 108 Å². The number of hydrogen-bond donors (Lipinski definition) is 3. The molecule has 0 radical (unpaired) electrons. The standard InChI is InChI=1S/C28H43N3O4SSi/c1-18(19-12-13-19)22-15-14-20-10-9-11-23(20)25(22)29-26(32)30-36(34,31-37(7,8)27(2,3)4)24-16-21(17-35-24)28(5,6)33/h14-19,33H,9-13H2,1-8H3,(H2,29,30,31,32,34)/t18-,36?/m0/s1. The fourth-order valence-electron chi connectivity index (χ4n) is 4.69. The number of benzene rings is 1. The lowest BCUT2D eigenvalue weighted by Crippen LogP contribution is -2.41. The van der Waals surface area contributed by atoms with Crippen molar-refractivity contribution >= 4 is 29.9 Å². The summed E-state index contributed by atoms with van der Waals surface area (Å²) in [6, 6.07) is 5.34. The molecule has 1 heterocycles. The number of fused-ring (bicyclic) bond motifs is 1. The van der Waals surface area contributed by atoms with Crippen molar-refractivity contribution in [1.29, 1.82) is 0 Å². The first-order valence-corrected chi connectivity index (χ1v) is 17.8. The highest BCUT2D eigenvalue weighted by Gasteiger charge is 2.39. The Morgan fingerprint density at radius 3 is 2.43 bits per heavy atom. The number of furan rings is 1. The van der Waals surface area contributed by atoms with Crippen LogP contribution in [0.3, 0.4) is 0 Å². The Labute approximate surface area is 223 Å². The molecule has 3 N–H and O–H groups in total. The third-order valence-electron chi connectivity index (χ3n) is 8.35. The molecule has 9 heteroatoms. The van der Waals surface area contributed by atoms with Crippen molar-refractivity contribution in [2.24, 2.45) is 9.95 Å². The Bertz CT molecular complexity index is 1310. The predicted octanol–water partition coefficient (Wildman–Crippen LogP) is 7.08. The van der Waals surface area contributed by atoms with Gasteiger partial charge in [0.2, 0.25) is 5.09 Å². The number of nitrogens with one attached hydrogen (secondary N) is 2. The second-order valence-electron chi connectivity index (χ2n) is 12.8. The number of amides is 2. The van der Waals surface area contributed by atoms with Gasteiger partial charge in [-0.3, -0.25) is 4.03 Å². The summed E-state index contributed by atoms with van der Waals surface area (Å²) in [5.74, 6) is 0.992. The van der Waals surface area contributed by atoms with Gasteiger partial charge >= 0.3 is 6.03 Å². The van der Waals surface area contributed by atoms with E-state index in [1.165, 1.54) is 30.2 Å². The normalized spacial score (nSPS) is 18.6. The van der Waals surface area contributed by atoms with Gasteiger partial charge in [0.25, 0.3) is 0 Å². The topological polar surface area (TPSA) is 104 Å². The molecule has 2 atom stereocenters. The average molecular weight is 546 g/mol. The van der Waals surface area contributed by atoms with Crippen LogP contribution in [0.15, 0.2) is 38.0 Å². The van der Waals surface area contributed by atoms with Gasteiger partial charge < -0.3 is 14.8 Å². The van der Waals surface area contributed by atoms with E-state index in [0.29, 0.717) is 17.4 Å². The summed E-state index contributed by atoms with van der Waals surface area (Å²) in [5.41, 5.74) is 3.76. The molecule has 1 unspecified atom stereocenters. The third kappa shape index (κ3) is 5.83. The van der Waals surface area contributed by atoms with Gasteiger partial charge in [-0.05, 0) is 92.6 Å². The molecule has 2 amide bonds. The van der Waals surface area contributed by atoms with E-state index in [1.54, 1.807) is 19.9 Å². The van der Waals surface area contributed by atoms with Gasteiger partial charge in [-0.2, -0.15) is 0 Å². The van der Waals surface area contributed by atoms with Gasteiger partial charge in [0.1, 0.15) is 0 Å². The van der Waals surface area contributed by atoms with Crippen LogP contribution in [0.2, 0.25) is 18.1 Å². The van der Waals surface area contributed by atoms with Gasteiger partial charge in [-0.15, -0.1) is 0 Å². The van der Waals surface area contributed by atoms with E-state index in [1.807, 2.05) is 13.1 Å². The van der Waals surface area contributed by atoms with E-state index >= 15 is 0 Å². The quantitative estimate of drug-likeness (QED) is 0.323. The SMILES string of the molecule is C[C@H](c1ccc2c(c1NC(=O)NS(=O)(=N[Si](C)(C)C(C)(C)C)c1cc(C(C)(C)O)co1)CCC2)C1CC1. The molecule has 37 heavy (non-hydrogen) atoms. The van der Waals surface area contributed by atoms with Crippen molar-refractivity contribution in [1.82, 2.24) is 4.72 Å². The minimum absolute atomic E-state index is 0.0504. The first-order valence-electron chi connectivity index (χ1n) is 13.3. The molecule has 0 saturated heterocycles. The molecule has 1 fully saturated rings. The summed E-state index contributed by atoms with van der Waals surface area (Å²) in [4.78, 5) is 13.6. The highest BCUT2D eigenvalue weighted by Crippen LogP contribution is 2.46. The fourth-order valence-corrected chi connectivity index (χ4v) is 9.76. The van der Waals surface area contributed by atoms with E-state index in [2.05, 4.69) is 49.9 Å². The zero-order valence-electron chi connectivity index (χ0n) is 23.5. The van der Waals surface area contributed by atoms with Crippen LogP contribution in [-0.4, -0.2) is 23.6 Å². The van der Waals surface area contributed by atoms with Crippen molar-refractivity contribution < 1.29 is 18.5 Å². The molecule has 1 aromatic heterocycles. The molecule has 1 saturated carbocycles. The molecular formula is C28H43N3O4SSi. The van der Waals surface area contributed by atoms with Crippen LogP contribution >= 0.6 is 0 Å². The number of hydrogen-bond acceptors (Lipinski definition) is 5. The zero-order valence-corrected chi connectivity index (χ0v) is 25.3. The summed E-state index contributed by atoms with van der Waals surface area (Å²) >= 11 is 0. The molecule has 7 nitrogen and oxygen atoms in total. The highest BCUT2D eigenvalue weighted by molar-refractivity contribution is 7.93. The smallest absolute Gasteiger partial charge is 0.332 e. The van der Waals surface area contributed by atoms with Crippen molar-refractivity contribution in [2.75, 3.05) is 5.32 Å². The molecular weight excluding hydrogens is 502 g/mol. The number of aryl methyl sites for hydroxylation is 1. The van der Waals surface area contributed by atoms with Gasteiger partial charge in [0.15, 0.2) is 18.2 Å². The van der Waals surface area contributed by atoms with Gasteiger partial charge in [-0.1, -0.05) is 39.8 Å². The summed E-state index contributed by atoms with van der Waals surface area (Å²) in [7, 11) is -5.96. The third-order valence-corrected chi connectivity index (χ3v) is 16.1. The number of urea groups is 1. The van der Waals surface area contributed by atoms with Gasteiger partial charge in [0, 0.05) is 17.3 Å². The largest absolute Gasteiger partial charge is 0.452 e. The monoisotopic (exact) mass is 545 g/mol. The van der Waals surface area contributed by atoms with E-state index < -0.39 is 29.8 Å². The lowest BCUT2D eigenvalue weighted by atomic mass is 9.91. The first-order chi connectivity index (χ1) is 17.0. The summed E-state index contributed by atoms with van der Waals surface area (Å²) in [5, 5.41) is 13.4. The number of aliphatic hydroxyl groups is 1. The van der Waals surface area contributed by atoms with Crippen LogP contribution in [0.4, 0.5) is 10.5 Å². The Kier molecular flexibility index (Phi) is 7.22. The molecule has 0 spiro atoms. The van der Waals surface area contributed by atoms with Crippen LogP contribution < -0.4 is 10.0 Å². The van der Waals surface area contributed by atoms with Crippen molar-refractivity contribution in [3.63, 3.8) is 0 Å². The van der Waals surface area contributed by atoms with E-state index in [9.17, 15) is 14.1 Å². The minimum atomic E-state index is -3.47. The van der Waals surface area contributed by atoms with Gasteiger partial charge in [0.05, 0.1) is 11.9 Å². The van der Waals surface area contributed by atoms with Crippen LogP contribution in [0.5, 0.6) is 0 Å². The predicted molar refractivity (Wildman–Crippen MR) is 152 cm³/mol. The van der Waals surface area contributed by atoms with Crippen LogP contribution in [0.25, 0.3) is 0 Å². The number of anilines is 1. The molecule has 1 aromatic carbocycles. The van der Waals surface area contributed by atoms with Crippen LogP contribution in [0.1, 0.15) is 89.0 Å². The van der Waals surface area contributed by atoms with E-state index in [0.717, 1.165) is 30.5 Å². The van der Waals surface area contributed by atoms with Crippen molar-refractivity contribution in [3.8, 4) is 0 Å². The van der Waals surface area contributed by atoms with E-state index in [4.69, 9.17) is 8.45 Å². The molecule has 4 rings (SSSR count). The maximum absolute atomic E-state index is 14.5. The van der Waals surface area contributed by atoms with E-state index in [-0.39, 0.29) is 10.1 Å². The Hall–Kier alpha value is -2.10. The molecule has 0 bridgehead atoms. The highest BCUT2D eigenvalue weighted by atomic mass is 32.2. The zero-order chi connectivity index (χ0) is 27.4. The second kappa shape index (κ2) is 9.57. The Morgan fingerprint density at radius 2 is 1.86 bits per heavy atom. The van der Waals surface area contributed by atoms with Crippen LogP contribution in [0, 0.1) is 5.92 Å². The molecule has 2 aliphatic carbocycles. The second-order valence-corrected chi connectivity index (χ2v) is 19.8. The Morgan fingerprint density at radius 1 is 1.19 bits per heavy atom. The van der Waals surface area contributed by atoms with Crippen LogP contribution in [-0.2, 0) is 28.4 Å². The minimum Gasteiger partial charge on any atom is -0.452 e. The molecule has 204 valence electrons. The summed E-state index contributed by atoms with van der Waals surface area (Å²) in [6.07, 6.45) is 6.81. The molecule has 2 aromatic rings. The summed E-state index contributed by atoms with van der Waals surface area (Å²) < 4.78 is 27.7. The maximum atomic E-state index is 14.5. The fraction of sp³-hybridized carbons (Fsp3) is 0.607. The first kappa shape index (κ1) is 27.9. The number of rotatable bonds is 7. The average Bonchev–Trinajstić information content (AvgIpc) is 3.27. The lowest BCUT2D eigenvalue weighted by molar-refractivity contribution is 0.0779. The molecule has 2 aliphatic rings. The number of nitrogens with zero attached hydrogens (tertiary/aromatic N) is 1. The molecule has 0 aliphatic heterocycles. The number of carbonyl (C=O) groups is 1. The Balaban J connectivity index is 1.73. The van der Waals surface area contributed by atoms with Gasteiger partial charge in [-0.25, -0.2) is 13.7 Å². The summed E-state index contributed by atoms with van der Waals surface area (Å²) in [6.45, 7) is 15.8. The van der Waals surface area contributed by atoms with Crippen molar-refractivity contribution in [3.05, 3.63) is 46.7 Å². The maximum Gasteiger partial charge on any atom is 0.332 e.